The summed E-state index contributed by atoms with van der Waals surface area (Å²) in [6.45, 7) is 1.82. The molecule has 3 heteroatoms. The van der Waals surface area contributed by atoms with Gasteiger partial charge in [-0.25, -0.2) is 4.39 Å². The van der Waals surface area contributed by atoms with E-state index in [4.69, 9.17) is 0 Å². The van der Waals surface area contributed by atoms with Crippen molar-refractivity contribution < 1.29 is 4.39 Å². The molecule has 0 aliphatic rings. The van der Waals surface area contributed by atoms with Crippen LogP contribution in [0.2, 0.25) is 0 Å². The smallest absolute Gasteiger partial charge is 0.125 e. The van der Waals surface area contributed by atoms with Crippen molar-refractivity contribution in [2.75, 3.05) is 12.1 Å². The molecule has 2 nitrogen and oxygen atoms in total. The third-order valence-corrected chi connectivity index (χ3v) is 1.47. The Bertz CT molecular complexity index is 284. The molecule has 0 saturated heterocycles. The number of nitrogens with zero attached hydrogens (tertiary/aromatic N) is 2. The molecular formula is C9H11FN2. The predicted octanol–water partition coefficient (Wildman–Crippen LogP) is 2.27. The van der Waals surface area contributed by atoms with E-state index in [1.165, 1.54) is 12.1 Å². The normalized spacial score (nSPS) is 10.6. The van der Waals surface area contributed by atoms with E-state index in [1.807, 2.05) is 6.92 Å². The number of hydrogen-bond donors (Lipinski definition) is 0. The Hall–Kier alpha value is -1.38. The number of hydrogen-bond acceptors (Lipinski definition) is 2. The van der Waals surface area contributed by atoms with E-state index in [0.717, 1.165) is 5.69 Å². The van der Waals surface area contributed by atoms with Gasteiger partial charge < -0.3 is 0 Å². The zero-order valence-corrected chi connectivity index (χ0v) is 7.16. The molecule has 64 valence electrons. The van der Waals surface area contributed by atoms with Gasteiger partial charge in [0.1, 0.15) is 5.82 Å². The summed E-state index contributed by atoms with van der Waals surface area (Å²) in [6.07, 6.45) is 1.66. The monoisotopic (exact) mass is 166 g/mol. The van der Waals surface area contributed by atoms with E-state index in [0.29, 0.717) is 0 Å². The lowest BCUT2D eigenvalue weighted by Gasteiger charge is -2.11. The minimum Gasteiger partial charge on any atom is -0.269 e. The first-order valence-corrected chi connectivity index (χ1v) is 3.72. The van der Waals surface area contributed by atoms with Crippen molar-refractivity contribution in [1.82, 2.24) is 0 Å². The number of halogens is 1. The van der Waals surface area contributed by atoms with E-state index in [2.05, 4.69) is 5.10 Å². The second-order valence-electron chi connectivity index (χ2n) is 2.38. The van der Waals surface area contributed by atoms with Crippen LogP contribution < -0.4 is 5.01 Å². The molecule has 0 aliphatic heterocycles. The summed E-state index contributed by atoms with van der Waals surface area (Å²) in [5, 5.41) is 5.59. The fourth-order valence-corrected chi connectivity index (χ4v) is 0.917. The predicted molar refractivity (Wildman–Crippen MR) is 49.0 cm³/mol. The van der Waals surface area contributed by atoms with Gasteiger partial charge in [-0.15, -0.1) is 0 Å². The highest BCUT2D eigenvalue weighted by Crippen LogP contribution is 2.13. The average Bonchev–Trinajstić information content (AvgIpc) is 2.05. The van der Waals surface area contributed by atoms with Crippen LogP contribution in [-0.4, -0.2) is 13.3 Å². The van der Waals surface area contributed by atoms with Crippen molar-refractivity contribution in [3.05, 3.63) is 30.1 Å². The molecule has 0 bridgehead atoms. The van der Waals surface area contributed by atoms with Crippen molar-refractivity contribution in [2.24, 2.45) is 5.10 Å². The van der Waals surface area contributed by atoms with Crippen molar-refractivity contribution in [1.29, 1.82) is 0 Å². The molecule has 12 heavy (non-hydrogen) atoms. The van der Waals surface area contributed by atoms with Gasteiger partial charge >= 0.3 is 0 Å². The van der Waals surface area contributed by atoms with Crippen molar-refractivity contribution >= 4 is 11.9 Å². The molecule has 0 radical (unpaired) electrons. The average molecular weight is 166 g/mol. The molecule has 0 unspecified atom stereocenters. The Morgan fingerprint density at radius 2 is 2.25 bits per heavy atom. The van der Waals surface area contributed by atoms with Gasteiger partial charge in [0, 0.05) is 13.3 Å². The van der Waals surface area contributed by atoms with Crippen molar-refractivity contribution in [2.45, 2.75) is 6.92 Å². The second-order valence-corrected chi connectivity index (χ2v) is 2.38. The lowest BCUT2D eigenvalue weighted by molar-refractivity contribution is 0.627. The van der Waals surface area contributed by atoms with Gasteiger partial charge in [-0.05, 0) is 25.1 Å². The topological polar surface area (TPSA) is 15.6 Å². The zero-order valence-electron chi connectivity index (χ0n) is 7.16. The van der Waals surface area contributed by atoms with Crippen LogP contribution in [0.15, 0.2) is 29.4 Å². The standard InChI is InChI=1S/C9H11FN2/c1-3-11-12(2)9-6-4-5-8(10)7-9/h3-7H,1-2H3/b11-3-. The maximum atomic E-state index is 12.7. The fraction of sp³-hybridized carbons (Fsp3) is 0.222. The Labute approximate surface area is 71.3 Å². The summed E-state index contributed by atoms with van der Waals surface area (Å²) in [6, 6.07) is 6.31. The Morgan fingerprint density at radius 3 is 2.83 bits per heavy atom. The van der Waals surface area contributed by atoms with Crippen molar-refractivity contribution in [3.8, 4) is 0 Å². The first kappa shape index (κ1) is 8.71. The van der Waals surface area contributed by atoms with Gasteiger partial charge in [0.2, 0.25) is 0 Å². The largest absolute Gasteiger partial charge is 0.269 e. The minimum absolute atomic E-state index is 0.245. The van der Waals surface area contributed by atoms with Gasteiger partial charge in [0.05, 0.1) is 5.69 Å². The fourth-order valence-electron chi connectivity index (χ4n) is 0.917. The lowest BCUT2D eigenvalue weighted by atomic mass is 10.3. The van der Waals surface area contributed by atoms with Gasteiger partial charge in [-0.2, -0.15) is 5.10 Å². The van der Waals surface area contributed by atoms with Gasteiger partial charge in [0.15, 0.2) is 0 Å². The lowest BCUT2D eigenvalue weighted by Crippen LogP contribution is -2.07. The van der Waals surface area contributed by atoms with E-state index >= 15 is 0 Å². The SMILES string of the molecule is C/C=N\N(C)c1cccc(F)c1. The summed E-state index contributed by atoms with van der Waals surface area (Å²) < 4.78 is 12.7. The zero-order chi connectivity index (χ0) is 8.97. The summed E-state index contributed by atoms with van der Waals surface area (Å²) >= 11 is 0. The maximum Gasteiger partial charge on any atom is 0.125 e. The summed E-state index contributed by atoms with van der Waals surface area (Å²) in [5.74, 6) is -0.245. The highest BCUT2D eigenvalue weighted by Gasteiger charge is 1.97. The number of benzene rings is 1. The molecule has 0 saturated carbocycles. The summed E-state index contributed by atoms with van der Waals surface area (Å²) in [7, 11) is 1.77. The summed E-state index contributed by atoms with van der Waals surface area (Å²) in [4.78, 5) is 0. The van der Waals surface area contributed by atoms with Crippen LogP contribution in [0.3, 0.4) is 0 Å². The van der Waals surface area contributed by atoms with E-state index < -0.39 is 0 Å². The molecular weight excluding hydrogens is 155 g/mol. The number of rotatable bonds is 2. The third-order valence-electron chi connectivity index (χ3n) is 1.47. The molecule has 0 fully saturated rings. The van der Waals surface area contributed by atoms with Crippen LogP contribution >= 0.6 is 0 Å². The molecule has 0 spiro atoms. The van der Waals surface area contributed by atoms with Crippen LogP contribution in [0.5, 0.6) is 0 Å². The quantitative estimate of drug-likeness (QED) is 0.486. The molecule has 0 aromatic heterocycles. The van der Waals surface area contributed by atoms with Gasteiger partial charge in [-0.3, -0.25) is 5.01 Å². The number of anilines is 1. The molecule has 0 atom stereocenters. The minimum atomic E-state index is -0.245. The molecule has 0 heterocycles. The van der Waals surface area contributed by atoms with Crippen LogP contribution in [-0.2, 0) is 0 Å². The van der Waals surface area contributed by atoms with Crippen LogP contribution in [0.25, 0.3) is 0 Å². The molecule has 0 N–H and O–H groups in total. The van der Waals surface area contributed by atoms with Crippen LogP contribution in [0.4, 0.5) is 10.1 Å². The molecule has 0 amide bonds. The molecule has 1 aromatic rings. The van der Waals surface area contributed by atoms with Crippen LogP contribution in [0, 0.1) is 5.82 Å². The van der Waals surface area contributed by atoms with Crippen molar-refractivity contribution in [3.63, 3.8) is 0 Å². The van der Waals surface area contributed by atoms with Gasteiger partial charge in [-0.1, -0.05) is 6.07 Å². The molecule has 1 rings (SSSR count). The third kappa shape index (κ3) is 2.05. The molecule has 0 aliphatic carbocycles. The van der Waals surface area contributed by atoms with E-state index in [-0.39, 0.29) is 5.82 Å². The summed E-state index contributed by atoms with van der Waals surface area (Å²) in [5.41, 5.74) is 0.744. The van der Waals surface area contributed by atoms with Gasteiger partial charge in [0.25, 0.3) is 0 Å². The number of hydrazone groups is 1. The first-order valence-electron chi connectivity index (χ1n) is 3.72. The first-order chi connectivity index (χ1) is 5.74. The second kappa shape index (κ2) is 3.85. The Morgan fingerprint density at radius 1 is 1.50 bits per heavy atom. The Kier molecular flexibility index (Phi) is 2.80. The van der Waals surface area contributed by atoms with E-state index in [1.54, 1.807) is 30.4 Å². The highest BCUT2D eigenvalue weighted by molar-refractivity contribution is 5.57. The highest BCUT2D eigenvalue weighted by atomic mass is 19.1. The van der Waals surface area contributed by atoms with E-state index in [9.17, 15) is 4.39 Å². The maximum absolute atomic E-state index is 12.7. The van der Waals surface area contributed by atoms with Crippen LogP contribution in [0.1, 0.15) is 6.92 Å². The Balaban J connectivity index is 2.87. The molecule has 1 aromatic carbocycles.